The van der Waals surface area contributed by atoms with Crippen LogP contribution in [0.25, 0.3) is 9.88 Å². The molecule has 9 heteroatoms. The smallest absolute Gasteiger partial charge is 0.244 e. The number of thiophene rings is 1. The van der Waals surface area contributed by atoms with Crippen LogP contribution in [0.2, 0.25) is 0 Å². The summed E-state index contributed by atoms with van der Waals surface area (Å²) in [7, 11) is -0.738. The average Bonchev–Trinajstić information content (AvgIpc) is 3.26. The summed E-state index contributed by atoms with van der Waals surface area (Å²) in [6.45, 7) is 0. The average molecular weight is 408 g/mol. The summed E-state index contributed by atoms with van der Waals surface area (Å²) in [6.07, 6.45) is 0.0816. The third-order valence-corrected chi connectivity index (χ3v) is 7.35. The molecule has 0 atom stereocenters. The van der Waals surface area contributed by atoms with Crippen LogP contribution in [0.15, 0.2) is 52.1 Å². The van der Waals surface area contributed by atoms with Crippen LogP contribution in [-0.4, -0.2) is 37.7 Å². The Morgan fingerprint density at radius 1 is 1.15 bits per heavy atom. The van der Waals surface area contributed by atoms with E-state index in [0.29, 0.717) is 5.69 Å². The lowest BCUT2D eigenvalue weighted by molar-refractivity contribution is -0.115. The van der Waals surface area contributed by atoms with Gasteiger partial charge in [0.05, 0.1) is 22.7 Å². The van der Waals surface area contributed by atoms with Crippen molar-refractivity contribution in [1.82, 2.24) is 9.29 Å². The van der Waals surface area contributed by atoms with Crippen molar-refractivity contribution < 1.29 is 13.2 Å². The highest BCUT2D eigenvalue weighted by molar-refractivity contribution is 7.89. The Hall–Kier alpha value is -2.07. The van der Waals surface area contributed by atoms with Gasteiger partial charge in [0.15, 0.2) is 0 Å². The van der Waals surface area contributed by atoms with Gasteiger partial charge in [-0.3, -0.25) is 4.79 Å². The number of carbonyl (C=O) groups is 1. The molecule has 0 aliphatic heterocycles. The first kappa shape index (κ1) is 18.7. The second-order valence-electron chi connectivity index (χ2n) is 5.63. The number of sulfonamides is 1. The molecule has 1 N–H and O–H groups in total. The van der Waals surface area contributed by atoms with E-state index in [0.717, 1.165) is 14.2 Å². The van der Waals surface area contributed by atoms with Gasteiger partial charge in [-0.05, 0) is 23.6 Å². The van der Waals surface area contributed by atoms with Gasteiger partial charge in [0.2, 0.25) is 15.9 Å². The molecule has 0 aliphatic rings. The second-order valence-corrected chi connectivity index (χ2v) is 9.56. The van der Waals surface area contributed by atoms with Crippen molar-refractivity contribution in [2.45, 2.75) is 11.3 Å². The Bertz CT molecular complexity index is 1010. The number of benzene rings is 1. The van der Waals surface area contributed by atoms with Crippen molar-refractivity contribution in [3.63, 3.8) is 0 Å². The normalized spacial score (nSPS) is 11.7. The first-order valence-corrected chi connectivity index (χ1v) is 10.9. The summed E-state index contributed by atoms with van der Waals surface area (Å²) >= 11 is 3.08. The molecule has 0 saturated carbocycles. The molecule has 3 rings (SSSR count). The van der Waals surface area contributed by atoms with Gasteiger partial charge in [-0.15, -0.1) is 22.7 Å². The number of carbonyl (C=O) groups excluding carboxylic acids is 1. The number of nitrogens with zero attached hydrogens (tertiary/aromatic N) is 2. The first-order valence-electron chi connectivity index (χ1n) is 7.67. The quantitative estimate of drug-likeness (QED) is 0.680. The van der Waals surface area contributed by atoms with E-state index in [9.17, 15) is 13.2 Å². The van der Waals surface area contributed by atoms with Crippen molar-refractivity contribution in [1.29, 1.82) is 0 Å². The zero-order valence-corrected chi connectivity index (χ0v) is 16.6. The number of hydrogen-bond acceptors (Lipinski definition) is 6. The molecule has 1 aromatic carbocycles. The fraction of sp³-hybridized carbons (Fsp3) is 0.176. The van der Waals surface area contributed by atoms with Crippen LogP contribution in [0.5, 0.6) is 0 Å². The zero-order chi connectivity index (χ0) is 18.7. The number of thiazole rings is 1. The molecule has 3 aromatic rings. The molecule has 6 nitrogen and oxygen atoms in total. The molecule has 0 aliphatic carbocycles. The van der Waals surface area contributed by atoms with Crippen LogP contribution in [0.3, 0.4) is 0 Å². The summed E-state index contributed by atoms with van der Waals surface area (Å²) in [5.74, 6) is -0.311. The standard InChI is InChI=1S/C17H17N3O3S3/c1-20(2)26(22,23)15-8-4-3-6-13(15)19-16(21)10-12-11-25-17(18-12)14-7-5-9-24-14/h3-9,11H,10H2,1-2H3,(H,19,21). The van der Waals surface area contributed by atoms with E-state index < -0.39 is 10.0 Å². The minimum atomic E-state index is -3.65. The molecule has 136 valence electrons. The van der Waals surface area contributed by atoms with E-state index in [1.165, 1.54) is 31.5 Å². The van der Waals surface area contributed by atoms with Gasteiger partial charge in [0.25, 0.3) is 0 Å². The summed E-state index contributed by atoms with van der Waals surface area (Å²) in [5, 5.41) is 7.38. The maximum atomic E-state index is 12.4. The highest BCUT2D eigenvalue weighted by Gasteiger charge is 2.22. The number of rotatable bonds is 6. The van der Waals surface area contributed by atoms with Crippen molar-refractivity contribution in [2.75, 3.05) is 19.4 Å². The van der Waals surface area contributed by atoms with Crippen molar-refractivity contribution in [3.05, 3.63) is 52.9 Å². The number of aromatic nitrogens is 1. The molecular formula is C17H17N3O3S3. The Balaban J connectivity index is 1.75. The van der Waals surface area contributed by atoms with Crippen LogP contribution in [0.4, 0.5) is 5.69 Å². The number of anilines is 1. The van der Waals surface area contributed by atoms with Gasteiger partial charge in [-0.1, -0.05) is 18.2 Å². The summed E-state index contributed by atoms with van der Waals surface area (Å²) < 4.78 is 25.9. The Morgan fingerprint density at radius 2 is 1.92 bits per heavy atom. The number of para-hydroxylation sites is 1. The lowest BCUT2D eigenvalue weighted by atomic mass is 10.3. The van der Waals surface area contributed by atoms with E-state index in [-0.39, 0.29) is 22.9 Å². The fourth-order valence-electron chi connectivity index (χ4n) is 2.25. The topological polar surface area (TPSA) is 79.4 Å². The fourth-order valence-corrected chi connectivity index (χ4v) is 4.93. The second kappa shape index (κ2) is 7.67. The van der Waals surface area contributed by atoms with Crippen LogP contribution < -0.4 is 5.32 Å². The molecule has 0 radical (unpaired) electrons. The molecule has 1 amide bonds. The van der Waals surface area contributed by atoms with Gasteiger partial charge in [-0.2, -0.15) is 0 Å². The van der Waals surface area contributed by atoms with Crippen LogP contribution in [-0.2, 0) is 21.2 Å². The molecule has 2 heterocycles. The van der Waals surface area contributed by atoms with Crippen molar-refractivity contribution in [2.24, 2.45) is 0 Å². The highest BCUT2D eigenvalue weighted by atomic mass is 32.2. The maximum absolute atomic E-state index is 12.4. The van der Waals surface area contributed by atoms with Gasteiger partial charge in [0.1, 0.15) is 9.90 Å². The SMILES string of the molecule is CN(C)S(=O)(=O)c1ccccc1NC(=O)Cc1csc(-c2cccs2)n1. The first-order chi connectivity index (χ1) is 12.4. The van der Waals surface area contributed by atoms with E-state index in [4.69, 9.17) is 0 Å². The Kier molecular flexibility index (Phi) is 5.52. The summed E-state index contributed by atoms with van der Waals surface area (Å²) in [6, 6.07) is 10.3. The molecule has 26 heavy (non-hydrogen) atoms. The largest absolute Gasteiger partial charge is 0.325 e. The minimum absolute atomic E-state index is 0.0657. The predicted molar refractivity (Wildman–Crippen MR) is 105 cm³/mol. The van der Waals surface area contributed by atoms with E-state index >= 15 is 0 Å². The molecular weight excluding hydrogens is 390 g/mol. The summed E-state index contributed by atoms with van der Waals surface area (Å²) in [4.78, 5) is 18.0. The molecule has 0 fully saturated rings. The zero-order valence-electron chi connectivity index (χ0n) is 14.2. The lowest BCUT2D eigenvalue weighted by Gasteiger charge is -2.15. The van der Waals surface area contributed by atoms with Crippen molar-refractivity contribution >= 4 is 44.3 Å². The molecule has 0 unspecified atom stereocenters. The highest BCUT2D eigenvalue weighted by Crippen LogP contribution is 2.28. The Morgan fingerprint density at radius 3 is 2.62 bits per heavy atom. The van der Waals surface area contributed by atoms with E-state index in [2.05, 4.69) is 10.3 Å². The lowest BCUT2D eigenvalue weighted by Crippen LogP contribution is -2.24. The third kappa shape index (κ3) is 4.01. The molecule has 0 bridgehead atoms. The van der Waals surface area contributed by atoms with Gasteiger partial charge >= 0.3 is 0 Å². The number of amides is 1. The van der Waals surface area contributed by atoms with Crippen molar-refractivity contribution in [3.8, 4) is 9.88 Å². The van der Waals surface area contributed by atoms with Gasteiger partial charge in [0, 0.05) is 19.5 Å². The summed E-state index contributed by atoms with van der Waals surface area (Å²) in [5.41, 5.74) is 0.920. The monoisotopic (exact) mass is 407 g/mol. The maximum Gasteiger partial charge on any atom is 0.244 e. The Labute approximate surface area is 160 Å². The third-order valence-electron chi connectivity index (χ3n) is 3.55. The van der Waals surface area contributed by atoms with E-state index in [1.54, 1.807) is 29.5 Å². The minimum Gasteiger partial charge on any atom is -0.325 e. The van der Waals surface area contributed by atoms with E-state index in [1.807, 2.05) is 22.9 Å². The van der Waals surface area contributed by atoms with Crippen LogP contribution in [0, 0.1) is 0 Å². The van der Waals surface area contributed by atoms with Gasteiger partial charge < -0.3 is 5.32 Å². The molecule has 0 saturated heterocycles. The van der Waals surface area contributed by atoms with Crippen LogP contribution >= 0.6 is 22.7 Å². The molecule has 0 spiro atoms. The number of nitrogens with one attached hydrogen (secondary N) is 1. The van der Waals surface area contributed by atoms with Crippen LogP contribution in [0.1, 0.15) is 5.69 Å². The molecule has 2 aromatic heterocycles. The van der Waals surface area contributed by atoms with Gasteiger partial charge in [-0.25, -0.2) is 17.7 Å². The predicted octanol–water partition coefficient (Wildman–Crippen LogP) is 3.30. The number of hydrogen-bond donors (Lipinski definition) is 1.